The zero-order chi connectivity index (χ0) is 16.9. The van der Waals surface area contributed by atoms with Gasteiger partial charge in [0.1, 0.15) is 5.75 Å². The van der Waals surface area contributed by atoms with E-state index in [0.717, 1.165) is 0 Å². The molecule has 23 heavy (non-hydrogen) atoms. The van der Waals surface area contributed by atoms with E-state index in [1.165, 1.54) is 11.4 Å². The second kappa shape index (κ2) is 7.79. The van der Waals surface area contributed by atoms with Crippen molar-refractivity contribution >= 4 is 15.9 Å². The molecule has 1 aromatic rings. The van der Waals surface area contributed by atoms with Gasteiger partial charge in [-0.2, -0.15) is 0 Å². The first-order chi connectivity index (χ1) is 11.0. The number of hydrogen-bond acceptors (Lipinski definition) is 4. The summed E-state index contributed by atoms with van der Waals surface area (Å²) in [5.74, 6) is 0.538. The molecule has 1 aromatic carbocycles. The molecule has 0 atom stereocenters. The molecule has 0 radical (unpaired) electrons. The fraction of sp³-hybridized carbons (Fsp3) is 0.562. The van der Waals surface area contributed by atoms with Crippen molar-refractivity contribution in [2.75, 3.05) is 26.0 Å². The Morgan fingerprint density at radius 1 is 1.30 bits per heavy atom. The lowest BCUT2D eigenvalue weighted by atomic mass is 10.1. The van der Waals surface area contributed by atoms with E-state index in [0.29, 0.717) is 43.7 Å². The van der Waals surface area contributed by atoms with Gasteiger partial charge in [-0.05, 0) is 31.4 Å². The van der Waals surface area contributed by atoms with E-state index in [4.69, 9.17) is 4.74 Å². The molecule has 6 nitrogen and oxygen atoms in total. The van der Waals surface area contributed by atoms with Gasteiger partial charge in [0.25, 0.3) is 5.91 Å². The van der Waals surface area contributed by atoms with Crippen molar-refractivity contribution < 1.29 is 17.9 Å². The van der Waals surface area contributed by atoms with Crippen LogP contribution in [0.3, 0.4) is 0 Å². The molecule has 128 valence electrons. The lowest BCUT2D eigenvalue weighted by Crippen LogP contribution is -2.47. The molecule has 0 saturated carbocycles. The van der Waals surface area contributed by atoms with E-state index in [1.807, 2.05) is 13.0 Å². The normalized spacial score (nSPS) is 17.0. The number of carbonyl (C=O) groups is 1. The van der Waals surface area contributed by atoms with Gasteiger partial charge in [0.15, 0.2) is 0 Å². The van der Waals surface area contributed by atoms with Crippen molar-refractivity contribution in [1.29, 1.82) is 0 Å². The third kappa shape index (κ3) is 4.45. The summed E-state index contributed by atoms with van der Waals surface area (Å²) in [6.45, 7) is 2.77. The van der Waals surface area contributed by atoms with Crippen LogP contribution in [0.2, 0.25) is 0 Å². The van der Waals surface area contributed by atoms with Crippen LogP contribution in [-0.4, -0.2) is 50.6 Å². The minimum absolute atomic E-state index is 0.0134. The molecule has 1 fully saturated rings. The van der Waals surface area contributed by atoms with Crippen LogP contribution < -0.4 is 10.1 Å². The van der Waals surface area contributed by atoms with Crippen LogP contribution in [0.25, 0.3) is 0 Å². The van der Waals surface area contributed by atoms with Gasteiger partial charge in [-0.25, -0.2) is 12.7 Å². The van der Waals surface area contributed by atoms with E-state index < -0.39 is 10.0 Å². The molecule has 0 aliphatic carbocycles. The van der Waals surface area contributed by atoms with Crippen molar-refractivity contribution in [3.63, 3.8) is 0 Å². The Hall–Kier alpha value is -1.60. The van der Waals surface area contributed by atoms with Gasteiger partial charge in [0.2, 0.25) is 10.0 Å². The highest BCUT2D eigenvalue weighted by Crippen LogP contribution is 2.19. The molecule has 0 bridgehead atoms. The molecular weight excluding hydrogens is 316 g/mol. The van der Waals surface area contributed by atoms with Crippen LogP contribution >= 0.6 is 0 Å². The maximum atomic E-state index is 12.4. The Kier molecular flexibility index (Phi) is 6.01. The zero-order valence-corrected chi connectivity index (χ0v) is 14.4. The maximum Gasteiger partial charge on any atom is 0.255 e. The molecule has 0 spiro atoms. The van der Waals surface area contributed by atoms with Crippen LogP contribution in [-0.2, 0) is 10.0 Å². The Morgan fingerprint density at radius 2 is 1.96 bits per heavy atom. The molecule has 2 rings (SSSR count). The number of amides is 1. The van der Waals surface area contributed by atoms with E-state index in [9.17, 15) is 13.2 Å². The molecule has 0 unspecified atom stereocenters. The predicted octanol–water partition coefficient (Wildman–Crippen LogP) is 1.63. The minimum atomic E-state index is -3.15. The summed E-state index contributed by atoms with van der Waals surface area (Å²) in [7, 11) is -1.62. The van der Waals surface area contributed by atoms with Crippen LogP contribution in [0.4, 0.5) is 0 Å². The molecule has 1 saturated heterocycles. The number of carbonyl (C=O) groups excluding carboxylic acids is 1. The van der Waals surface area contributed by atoms with Gasteiger partial charge in [0.05, 0.1) is 18.4 Å². The molecule has 1 N–H and O–H groups in total. The average molecular weight is 340 g/mol. The van der Waals surface area contributed by atoms with Gasteiger partial charge in [-0.15, -0.1) is 0 Å². The number of sulfonamides is 1. The molecule has 0 aromatic heterocycles. The highest BCUT2D eigenvalue weighted by molar-refractivity contribution is 7.89. The number of para-hydroxylation sites is 1. The Labute approximate surface area is 137 Å². The molecular formula is C16H24N2O4S. The van der Waals surface area contributed by atoms with E-state index in [1.54, 1.807) is 18.2 Å². The van der Waals surface area contributed by atoms with Crippen molar-refractivity contribution in [1.82, 2.24) is 9.62 Å². The second-order valence-electron chi connectivity index (χ2n) is 5.66. The summed E-state index contributed by atoms with van der Waals surface area (Å²) in [6, 6.07) is 7.05. The summed E-state index contributed by atoms with van der Waals surface area (Å²) in [4.78, 5) is 12.4. The van der Waals surface area contributed by atoms with Crippen molar-refractivity contribution in [2.24, 2.45) is 0 Å². The molecule has 1 heterocycles. The average Bonchev–Trinajstić information content (AvgIpc) is 2.55. The van der Waals surface area contributed by atoms with E-state index >= 15 is 0 Å². The van der Waals surface area contributed by atoms with Gasteiger partial charge in [0, 0.05) is 19.1 Å². The number of rotatable bonds is 6. The zero-order valence-electron chi connectivity index (χ0n) is 13.6. The lowest BCUT2D eigenvalue weighted by Gasteiger charge is -2.31. The number of hydrogen-bond donors (Lipinski definition) is 1. The van der Waals surface area contributed by atoms with Crippen LogP contribution in [0.1, 0.15) is 36.5 Å². The number of nitrogens with one attached hydrogen (secondary N) is 1. The number of methoxy groups -OCH3 is 1. The fourth-order valence-corrected chi connectivity index (χ4v) is 4.30. The summed E-state index contributed by atoms with van der Waals surface area (Å²) < 4.78 is 30.8. The largest absolute Gasteiger partial charge is 0.496 e. The predicted molar refractivity (Wildman–Crippen MR) is 89.1 cm³/mol. The van der Waals surface area contributed by atoms with Gasteiger partial charge >= 0.3 is 0 Å². The monoisotopic (exact) mass is 340 g/mol. The van der Waals surface area contributed by atoms with E-state index in [2.05, 4.69) is 5.32 Å². The van der Waals surface area contributed by atoms with Gasteiger partial charge in [-0.1, -0.05) is 19.1 Å². The highest BCUT2D eigenvalue weighted by atomic mass is 32.2. The maximum absolute atomic E-state index is 12.4. The third-order valence-electron chi connectivity index (χ3n) is 4.00. The minimum Gasteiger partial charge on any atom is -0.496 e. The first-order valence-corrected chi connectivity index (χ1v) is 9.50. The van der Waals surface area contributed by atoms with Crippen LogP contribution in [0.15, 0.2) is 24.3 Å². The number of nitrogens with zero attached hydrogens (tertiary/aromatic N) is 1. The lowest BCUT2D eigenvalue weighted by molar-refractivity contribution is 0.0921. The first-order valence-electron chi connectivity index (χ1n) is 7.89. The fourth-order valence-electron chi connectivity index (χ4n) is 2.76. The topological polar surface area (TPSA) is 75.7 Å². The Morgan fingerprint density at radius 3 is 2.57 bits per heavy atom. The smallest absolute Gasteiger partial charge is 0.255 e. The molecule has 1 aliphatic heterocycles. The highest BCUT2D eigenvalue weighted by Gasteiger charge is 2.28. The Balaban J connectivity index is 1.93. The molecule has 7 heteroatoms. The van der Waals surface area contributed by atoms with E-state index in [-0.39, 0.29) is 17.7 Å². The number of ether oxygens (including phenoxy) is 1. The van der Waals surface area contributed by atoms with Crippen LogP contribution in [0, 0.1) is 0 Å². The summed E-state index contributed by atoms with van der Waals surface area (Å²) >= 11 is 0. The number of benzene rings is 1. The Bertz CT molecular complexity index is 637. The summed E-state index contributed by atoms with van der Waals surface area (Å²) in [5, 5.41) is 2.97. The third-order valence-corrected chi connectivity index (χ3v) is 6.07. The SMILES string of the molecule is CCCS(=O)(=O)N1CCC(NC(=O)c2ccccc2OC)CC1. The van der Waals surface area contributed by atoms with Crippen molar-refractivity contribution in [3.05, 3.63) is 29.8 Å². The standard InChI is InChI=1S/C16H24N2O4S/c1-3-12-23(20,21)18-10-8-13(9-11-18)17-16(19)14-6-4-5-7-15(14)22-2/h4-7,13H,3,8-12H2,1-2H3,(H,17,19). The molecule has 1 aliphatic rings. The van der Waals surface area contributed by atoms with Crippen molar-refractivity contribution in [2.45, 2.75) is 32.2 Å². The first kappa shape index (κ1) is 17.7. The van der Waals surface area contributed by atoms with Gasteiger partial charge in [-0.3, -0.25) is 4.79 Å². The molecule has 1 amide bonds. The summed E-state index contributed by atoms with van der Waals surface area (Å²) in [6.07, 6.45) is 1.88. The van der Waals surface area contributed by atoms with Gasteiger partial charge < -0.3 is 10.1 Å². The van der Waals surface area contributed by atoms with Crippen LogP contribution in [0.5, 0.6) is 5.75 Å². The second-order valence-corrected chi connectivity index (χ2v) is 7.75. The summed E-state index contributed by atoms with van der Waals surface area (Å²) in [5.41, 5.74) is 0.496. The number of piperidine rings is 1. The quantitative estimate of drug-likeness (QED) is 0.854. The van der Waals surface area contributed by atoms with Crippen molar-refractivity contribution in [3.8, 4) is 5.75 Å².